The van der Waals surface area contributed by atoms with E-state index >= 15 is 0 Å². The quantitative estimate of drug-likeness (QED) is 0.942. The molecule has 88 valence electrons. The lowest BCUT2D eigenvalue weighted by Gasteiger charge is -2.04. The third kappa shape index (κ3) is 3.51. The normalized spacial score (nSPS) is 10.2. The first-order valence-electron chi connectivity index (χ1n) is 5.17. The largest absolute Gasteiger partial charge is 0.424 e. The molecule has 4 nitrogen and oxygen atoms in total. The van der Waals surface area contributed by atoms with Crippen LogP contribution in [0.3, 0.4) is 0 Å². The van der Waals surface area contributed by atoms with E-state index in [1.54, 1.807) is 12.4 Å². The Morgan fingerprint density at radius 2 is 1.82 bits per heavy atom. The second-order valence-electron chi connectivity index (χ2n) is 3.46. The van der Waals surface area contributed by atoms with Crippen molar-refractivity contribution in [2.24, 2.45) is 0 Å². The number of hydrogen-bond acceptors (Lipinski definition) is 4. The molecule has 5 heteroatoms. The van der Waals surface area contributed by atoms with Gasteiger partial charge in [-0.15, -0.1) is 0 Å². The Bertz CT molecular complexity index is 470. The summed E-state index contributed by atoms with van der Waals surface area (Å²) in [4.78, 5) is 8.26. The molecule has 0 spiro atoms. The van der Waals surface area contributed by atoms with E-state index in [9.17, 15) is 0 Å². The minimum absolute atomic E-state index is 0.354. The number of aromatic nitrogens is 2. The summed E-state index contributed by atoms with van der Waals surface area (Å²) in [5, 5.41) is 3.03. The average molecular weight is 294 g/mol. The number of rotatable bonds is 4. The van der Waals surface area contributed by atoms with E-state index in [1.807, 2.05) is 31.3 Å². The van der Waals surface area contributed by atoms with Gasteiger partial charge in [0.2, 0.25) is 0 Å². The maximum absolute atomic E-state index is 5.50. The van der Waals surface area contributed by atoms with Crippen LogP contribution in [-0.4, -0.2) is 17.0 Å². The summed E-state index contributed by atoms with van der Waals surface area (Å²) < 4.78 is 6.51. The second kappa shape index (κ2) is 5.75. The predicted molar refractivity (Wildman–Crippen MR) is 69.0 cm³/mol. The second-order valence-corrected chi connectivity index (χ2v) is 4.38. The topological polar surface area (TPSA) is 47.0 Å². The summed E-state index contributed by atoms with van der Waals surface area (Å²) in [7, 11) is 1.88. The van der Waals surface area contributed by atoms with Crippen molar-refractivity contribution in [1.82, 2.24) is 15.3 Å². The van der Waals surface area contributed by atoms with Crippen molar-refractivity contribution in [1.29, 1.82) is 0 Å². The Morgan fingerprint density at radius 1 is 1.18 bits per heavy atom. The zero-order chi connectivity index (χ0) is 12.1. The molecule has 0 fully saturated rings. The van der Waals surface area contributed by atoms with E-state index in [0.29, 0.717) is 6.01 Å². The molecule has 17 heavy (non-hydrogen) atoms. The monoisotopic (exact) mass is 293 g/mol. The van der Waals surface area contributed by atoms with Crippen LogP contribution in [0.2, 0.25) is 0 Å². The highest BCUT2D eigenvalue weighted by atomic mass is 79.9. The third-order valence-corrected chi connectivity index (χ3v) is 2.61. The number of benzene rings is 1. The molecule has 2 rings (SSSR count). The molecule has 1 aromatic carbocycles. The van der Waals surface area contributed by atoms with Gasteiger partial charge < -0.3 is 10.1 Å². The molecule has 0 aliphatic heterocycles. The van der Waals surface area contributed by atoms with Gasteiger partial charge in [0, 0.05) is 29.0 Å². The summed E-state index contributed by atoms with van der Waals surface area (Å²) in [5.41, 5.74) is 1.02. The molecular formula is C12H12BrN3O. The Hall–Kier alpha value is -1.46. The highest BCUT2D eigenvalue weighted by Crippen LogP contribution is 2.20. The molecule has 0 unspecified atom stereocenters. The lowest BCUT2D eigenvalue weighted by atomic mass is 10.3. The van der Waals surface area contributed by atoms with Crippen molar-refractivity contribution in [2.75, 3.05) is 7.05 Å². The first-order chi connectivity index (χ1) is 8.28. The van der Waals surface area contributed by atoms with Gasteiger partial charge in [-0.2, -0.15) is 0 Å². The molecule has 2 aromatic rings. The van der Waals surface area contributed by atoms with Crippen LogP contribution in [0.5, 0.6) is 11.8 Å². The first kappa shape index (κ1) is 12.0. The van der Waals surface area contributed by atoms with E-state index in [0.717, 1.165) is 22.3 Å². The van der Waals surface area contributed by atoms with Crippen LogP contribution in [0.15, 0.2) is 41.1 Å². The summed E-state index contributed by atoms with van der Waals surface area (Å²) in [6.07, 6.45) is 3.50. The van der Waals surface area contributed by atoms with E-state index in [4.69, 9.17) is 4.74 Å². The van der Waals surface area contributed by atoms with E-state index < -0.39 is 0 Å². The van der Waals surface area contributed by atoms with Crippen LogP contribution in [0.25, 0.3) is 0 Å². The average Bonchev–Trinajstić information content (AvgIpc) is 2.35. The van der Waals surface area contributed by atoms with Gasteiger partial charge in [0.05, 0.1) is 0 Å². The number of nitrogens with one attached hydrogen (secondary N) is 1. The minimum atomic E-state index is 0.354. The molecule has 1 heterocycles. The lowest BCUT2D eigenvalue weighted by Crippen LogP contribution is -2.06. The lowest BCUT2D eigenvalue weighted by molar-refractivity contribution is 0.440. The standard InChI is InChI=1S/C12H12BrN3O/c1-14-6-9-7-15-12(16-8-9)17-11-4-2-10(13)3-5-11/h2-5,7-8,14H,6H2,1H3. The van der Waals surface area contributed by atoms with Gasteiger partial charge in [0.1, 0.15) is 5.75 Å². The van der Waals surface area contributed by atoms with Crippen molar-refractivity contribution in [3.63, 3.8) is 0 Å². The van der Waals surface area contributed by atoms with Crippen molar-refractivity contribution >= 4 is 15.9 Å². The highest BCUT2D eigenvalue weighted by molar-refractivity contribution is 9.10. The fourth-order valence-corrected chi connectivity index (χ4v) is 1.56. The summed E-state index contributed by atoms with van der Waals surface area (Å²) in [6, 6.07) is 7.88. The molecule has 0 aliphatic rings. The summed E-state index contributed by atoms with van der Waals surface area (Å²) in [5.74, 6) is 0.717. The smallest absolute Gasteiger partial charge is 0.321 e. The van der Waals surface area contributed by atoms with Gasteiger partial charge in [-0.25, -0.2) is 9.97 Å². The van der Waals surface area contributed by atoms with Crippen molar-refractivity contribution in [2.45, 2.75) is 6.54 Å². The van der Waals surface area contributed by atoms with Crippen molar-refractivity contribution in [3.8, 4) is 11.8 Å². The Labute approximate surface area is 108 Å². The van der Waals surface area contributed by atoms with Crippen LogP contribution < -0.4 is 10.1 Å². The molecule has 1 N–H and O–H groups in total. The first-order valence-corrected chi connectivity index (χ1v) is 5.96. The molecule has 0 radical (unpaired) electrons. The zero-order valence-corrected chi connectivity index (χ0v) is 10.9. The van der Waals surface area contributed by atoms with Gasteiger partial charge >= 0.3 is 6.01 Å². The van der Waals surface area contributed by atoms with Crippen LogP contribution in [0, 0.1) is 0 Å². The third-order valence-electron chi connectivity index (χ3n) is 2.09. The number of halogens is 1. The van der Waals surface area contributed by atoms with Gasteiger partial charge in [0.25, 0.3) is 0 Å². The molecule has 0 amide bonds. The van der Waals surface area contributed by atoms with E-state index in [-0.39, 0.29) is 0 Å². The van der Waals surface area contributed by atoms with Crippen LogP contribution in [0.1, 0.15) is 5.56 Å². The number of hydrogen-bond donors (Lipinski definition) is 1. The van der Waals surface area contributed by atoms with Gasteiger partial charge in [-0.3, -0.25) is 0 Å². The molecule has 0 bridgehead atoms. The van der Waals surface area contributed by atoms with Crippen LogP contribution >= 0.6 is 15.9 Å². The predicted octanol–water partition coefficient (Wildman–Crippen LogP) is 2.75. The van der Waals surface area contributed by atoms with E-state index in [1.165, 1.54) is 0 Å². The maximum Gasteiger partial charge on any atom is 0.321 e. The number of ether oxygens (including phenoxy) is 1. The van der Waals surface area contributed by atoms with E-state index in [2.05, 4.69) is 31.2 Å². The highest BCUT2D eigenvalue weighted by Gasteiger charge is 2.00. The summed E-state index contributed by atoms with van der Waals surface area (Å²) in [6.45, 7) is 0.749. The molecule has 0 aliphatic carbocycles. The molecule has 1 aromatic heterocycles. The molecule has 0 saturated carbocycles. The van der Waals surface area contributed by atoms with Crippen LogP contribution in [0.4, 0.5) is 0 Å². The molecule has 0 saturated heterocycles. The summed E-state index contributed by atoms with van der Waals surface area (Å²) >= 11 is 3.36. The Balaban J connectivity index is 2.05. The fraction of sp³-hybridized carbons (Fsp3) is 0.167. The SMILES string of the molecule is CNCc1cnc(Oc2ccc(Br)cc2)nc1. The maximum atomic E-state index is 5.50. The Kier molecular flexibility index (Phi) is 4.06. The van der Waals surface area contributed by atoms with Gasteiger partial charge in [-0.05, 0) is 31.3 Å². The van der Waals surface area contributed by atoms with Crippen LogP contribution in [-0.2, 0) is 6.54 Å². The Morgan fingerprint density at radius 3 is 2.41 bits per heavy atom. The van der Waals surface area contributed by atoms with Crippen molar-refractivity contribution < 1.29 is 4.74 Å². The number of nitrogens with zero attached hydrogens (tertiary/aromatic N) is 2. The molecule has 0 atom stereocenters. The van der Waals surface area contributed by atoms with Crippen molar-refractivity contribution in [3.05, 3.63) is 46.7 Å². The molecular weight excluding hydrogens is 282 g/mol. The van der Waals surface area contributed by atoms with Gasteiger partial charge in [-0.1, -0.05) is 15.9 Å². The zero-order valence-electron chi connectivity index (χ0n) is 9.35. The minimum Gasteiger partial charge on any atom is -0.424 e. The van der Waals surface area contributed by atoms with Gasteiger partial charge in [0.15, 0.2) is 0 Å². The fourth-order valence-electron chi connectivity index (χ4n) is 1.30.